The van der Waals surface area contributed by atoms with E-state index < -0.39 is 0 Å². The van der Waals surface area contributed by atoms with Crippen LogP contribution in [0.2, 0.25) is 0 Å². The Kier molecular flexibility index (Phi) is 2.81. The van der Waals surface area contributed by atoms with Crippen LogP contribution in [0.25, 0.3) is 21.0 Å². The summed E-state index contributed by atoms with van der Waals surface area (Å²) in [6.45, 7) is 0. The fourth-order valence-electron chi connectivity index (χ4n) is 1.68. The van der Waals surface area contributed by atoms with Crippen molar-refractivity contribution in [2.45, 2.75) is 0 Å². The molecular weight excluding hydrogens is 268 g/mol. The first kappa shape index (κ1) is 11.3. The Labute approximate surface area is 112 Å². The fourth-order valence-corrected chi connectivity index (χ4v) is 3.30. The first-order valence-electron chi connectivity index (χ1n) is 5.21. The van der Waals surface area contributed by atoms with E-state index in [1.54, 1.807) is 29.8 Å². The lowest BCUT2D eigenvalue weighted by atomic mass is 10.1. The van der Waals surface area contributed by atoms with Crippen molar-refractivity contribution in [2.24, 2.45) is 0 Å². The van der Waals surface area contributed by atoms with Gasteiger partial charge in [0.1, 0.15) is 11.4 Å². The molecule has 4 nitrogen and oxygen atoms in total. The molecule has 0 aromatic carbocycles. The van der Waals surface area contributed by atoms with Crippen molar-refractivity contribution in [1.82, 2.24) is 5.16 Å². The van der Waals surface area contributed by atoms with Gasteiger partial charge in [-0.25, -0.2) is 0 Å². The van der Waals surface area contributed by atoms with Gasteiger partial charge in [0.2, 0.25) is 5.88 Å². The van der Waals surface area contributed by atoms with Crippen LogP contribution in [0.4, 0.5) is 5.88 Å². The summed E-state index contributed by atoms with van der Waals surface area (Å²) in [6.07, 6.45) is 0. The Bertz CT molecular complexity index is 655. The van der Waals surface area contributed by atoms with Crippen LogP contribution in [-0.4, -0.2) is 12.3 Å². The van der Waals surface area contributed by atoms with Gasteiger partial charge >= 0.3 is 0 Å². The van der Waals surface area contributed by atoms with Crippen molar-refractivity contribution in [3.63, 3.8) is 0 Å². The summed E-state index contributed by atoms with van der Waals surface area (Å²) in [4.78, 5) is 2.03. The van der Waals surface area contributed by atoms with Crippen LogP contribution in [0, 0.1) is 0 Å². The highest BCUT2D eigenvalue weighted by Crippen LogP contribution is 2.41. The molecule has 2 N–H and O–H groups in total. The van der Waals surface area contributed by atoms with Crippen molar-refractivity contribution in [2.75, 3.05) is 12.8 Å². The zero-order chi connectivity index (χ0) is 12.5. The summed E-state index contributed by atoms with van der Waals surface area (Å²) < 4.78 is 10.3. The molecule has 18 heavy (non-hydrogen) atoms. The summed E-state index contributed by atoms with van der Waals surface area (Å²) in [5.41, 5.74) is 7.48. The molecule has 0 aliphatic carbocycles. The number of aromatic nitrogens is 1. The monoisotopic (exact) mass is 278 g/mol. The maximum atomic E-state index is 5.86. The van der Waals surface area contributed by atoms with Crippen LogP contribution in [0.3, 0.4) is 0 Å². The molecule has 0 spiro atoms. The number of nitrogens with zero attached hydrogens (tertiary/aromatic N) is 1. The molecule has 92 valence electrons. The molecule has 0 aliphatic rings. The highest BCUT2D eigenvalue weighted by Gasteiger charge is 2.19. The van der Waals surface area contributed by atoms with Gasteiger partial charge < -0.3 is 15.0 Å². The maximum absolute atomic E-state index is 5.86. The van der Waals surface area contributed by atoms with Gasteiger partial charge in [-0.05, 0) is 11.4 Å². The highest BCUT2D eigenvalue weighted by molar-refractivity contribution is 7.14. The van der Waals surface area contributed by atoms with Crippen LogP contribution in [0.1, 0.15) is 0 Å². The van der Waals surface area contributed by atoms with E-state index in [1.165, 1.54) is 0 Å². The number of thiophene rings is 2. The first-order chi connectivity index (χ1) is 8.79. The molecule has 0 saturated carbocycles. The summed E-state index contributed by atoms with van der Waals surface area (Å²) >= 11 is 3.16. The average molecular weight is 278 g/mol. The molecule has 3 aromatic heterocycles. The number of hydrogen-bond donors (Lipinski definition) is 1. The van der Waals surface area contributed by atoms with Crippen molar-refractivity contribution >= 4 is 28.6 Å². The Hall–Kier alpha value is -1.79. The average Bonchev–Trinajstić information content (AvgIpc) is 3.07. The van der Waals surface area contributed by atoms with Crippen molar-refractivity contribution in [1.29, 1.82) is 0 Å². The number of hydrogen-bond acceptors (Lipinski definition) is 6. The quantitative estimate of drug-likeness (QED) is 0.793. The van der Waals surface area contributed by atoms with Gasteiger partial charge in [0.05, 0.1) is 17.6 Å². The van der Waals surface area contributed by atoms with E-state index in [9.17, 15) is 0 Å². The van der Waals surface area contributed by atoms with Gasteiger partial charge in [-0.15, -0.1) is 22.7 Å². The second-order valence-electron chi connectivity index (χ2n) is 3.60. The Balaban J connectivity index is 2.13. The van der Waals surface area contributed by atoms with E-state index in [0.717, 1.165) is 26.8 Å². The van der Waals surface area contributed by atoms with Crippen molar-refractivity contribution < 1.29 is 9.26 Å². The van der Waals surface area contributed by atoms with Crippen LogP contribution in [0.5, 0.6) is 5.75 Å². The van der Waals surface area contributed by atoms with E-state index in [-0.39, 0.29) is 0 Å². The largest absolute Gasteiger partial charge is 0.496 e. The van der Waals surface area contributed by atoms with Crippen molar-refractivity contribution in [3.05, 3.63) is 29.0 Å². The van der Waals surface area contributed by atoms with E-state index in [0.29, 0.717) is 5.88 Å². The van der Waals surface area contributed by atoms with E-state index >= 15 is 0 Å². The number of methoxy groups -OCH3 is 1. The van der Waals surface area contributed by atoms with Gasteiger partial charge in [-0.1, -0.05) is 11.2 Å². The molecule has 0 amide bonds. The van der Waals surface area contributed by atoms with Gasteiger partial charge in [0.25, 0.3) is 0 Å². The Morgan fingerprint density at radius 3 is 2.89 bits per heavy atom. The zero-order valence-electron chi connectivity index (χ0n) is 9.54. The molecule has 3 rings (SSSR count). The number of nitrogens with two attached hydrogens (primary N) is 1. The Morgan fingerprint density at radius 1 is 1.33 bits per heavy atom. The highest BCUT2D eigenvalue weighted by atomic mass is 32.1. The zero-order valence-corrected chi connectivity index (χ0v) is 11.2. The van der Waals surface area contributed by atoms with E-state index in [2.05, 4.69) is 5.16 Å². The minimum absolute atomic E-state index is 0.347. The van der Waals surface area contributed by atoms with Crippen LogP contribution in [0.15, 0.2) is 33.5 Å². The predicted octanol–water partition coefficient (Wildman–Crippen LogP) is 3.72. The molecule has 0 fully saturated rings. The molecule has 0 unspecified atom stereocenters. The third-order valence-electron chi connectivity index (χ3n) is 2.53. The smallest absolute Gasteiger partial charge is 0.231 e. The predicted molar refractivity (Wildman–Crippen MR) is 74.1 cm³/mol. The van der Waals surface area contributed by atoms with Gasteiger partial charge in [-0.2, -0.15) is 0 Å². The fraction of sp³-hybridized carbons (Fsp3) is 0.0833. The molecule has 3 aromatic rings. The third kappa shape index (κ3) is 1.79. The molecule has 3 heterocycles. The summed E-state index contributed by atoms with van der Waals surface area (Å²) in [6, 6.07) is 5.91. The lowest BCUT2D eigenvalue weighted by Crippen LogP contribution is -1.84. The first-order valence-corrected chi connectivity index (χ1v) is 6.97. The van der Waals surface area contributed by atoms with Gasteiger partial charge in [0.15, 0.2) is 0 Å². The summed E-state index contributed by atoms with van der Waals surface area (Å²) in [5, 5.41) is 7.98. The van der Waals surface area contributed by atoms with Gasteiger partial charge in [0, 0.05) is 16.3 Å². The molecule has 0 aliphatic heterocycles. The molecule has 0 atom stereocenters. The van der Waals surface area contributed by atoms with Crippen LogP contribution >= 0.6 is 22.7 Å². The second kappa shape index (κ2) is 4.47. The van der Waals surface area contributed by atoms with Crippen LogP contribution < -0.4 is 10.5 Å². The number of rotatable bonds is 3. The standard InChI is InChI=1S/C12H10N2O2S2/c1-15-7-5-9(18-6-7)11-10(12(13)16-14-11)8-3-2-4-17-8/h2-6H,13H2,1H3. The summed E-state index contributed by atoms with van der Waals surface area (Å²) in [5.74, 6) is 1.16. The molecular formula is C12H10N2O2S2. The number of ether oxygens (including phenoxy) is 1. The second-order valence-corrected chi connectivity index (χ2v) is 5.46. The topological polar surface area (TPSA) is 61.3 Å². The molecule has 0 saturated heterocycles. The van der Waals surface area contributed by atoms with Crippen LogP contribution in [-0.2, 0) is 0 Å². The third-order valence-corrected chi connectivity index (χ3v) is 4.33. The molecule has 6 heteroatoms. The van der Waals surface area contributed by atoms with Gasteiger partial charge in [-0.3, -0.25) is 0 Å². The normalized spacial score (nSPS) is 10.7. The number of anilines is 1. The minimum Gasteiger partial charge on any atom is -0.496 e. The number of nitrogen functional groups attached to an aromatic ring is 1. The Morgan fingerprint density at radius 2 is 2.22 bits per heavy atom. The lowest BCUT2D eigenvalue weighted by molar-refractivity contribution is 0.416. The molecule has 0 radical (unpaired) electrons. The van der Waals surface area contributed by atoms with E-state index in [1.807, 2.05) is 29.0 Å². The lowest BCUT2D eigenvalue weighted by Gasteiger charge is -1.96. The molecule has 0 bridgehead atoms. The maximum Gasteiger partial charge on any atom is 0.231 e. The summed E-state index contributed by atoms with van der Waals surface area (Å²) in [7, 11) is 1.64. The van der Waals surface area contributed by atoms with E-state index in [4.69, 9.17) is 15.0 Å². The minimum atomic E-state index is 0.347. The SMILES string of the molecule is COc1csc(-c2noc(N)c2-c2cccs2)c1. The van der Waals surface area contributed by atoms with Crippen molar-refractivity contribution in [3.8, 4) is 26.8 Å².